The maximum absolute atomic E-state index is 5.41. The van der Waals surface area contributed by atoms with Crippen LogP contribution in [0.5, 0.6) is 0 Å². The number of hydrogen-bond donors (Lipinski definition) is 0. The summed E-state index contributed by atoms with van der Waals surface area (Å²) in [5, 5.41) is 9.54. The zero-order valence-corrected chi connectivity index (χ0v) is 33.1. The van der Waals surface area contributed by atoms with E-state index in [1.807, 2.05) is 12.1 Å². The van der Waals surface area contributed by atoms with Crippen LogP contribution in [0.15, 0.2) is 219 Å². The summed E-state index contributed by atoms with van der Waals surface area (Å²) in [6.07, 6.45) is 2.09. The molecule has 12 aromatic rings. The molecule has 0 radical (unpaired) electrons. The number of benzene rings is 9. The standard InChI is InChI=1S/C57H36N4/c1-2-14-37(15-3-1)38-25-27-39(28-26-38)55-56(61-33-13-12-24-54(61)60-55)40-29-31-41(32-30-40)57-58-52(50-34-42-16-4-6-18-44(42)46-20-8-10-22-48(46)50)36-53(59-57)51-35-43-17-5-7-19-45(43)47-21-9-11-23-49(47)51/h1-36H. The molecule has 61 heavy (non-hydrogen) atoms. The van der Waals surface area contributed by atoms with Gasteiger partial charge >= 0.3 is 0 Å². The van der Waals surface area contributed by atoms with Crippen LogP contribution < -0.4 is 0 Å². The molecule has 0 atom stereocenters. The molecule has 9 aromatic carbocycles. The first kappa shape index (κ1) is 34.8. The molecular weight excluding hydrogens is 741 g/mol. The van der Waals surface area contributed by atoms with E-state index in [1.165, 1.54) is 43.4 Å². The highest BCUT2D eigenvalue weighted by atomic mass is 15.0. The topological polar surface area (TPSA) is 43.1 Å². The average Bonchev–Trinajstić information content (AvgIpc) is 3.73. The van der Waals surface area contributed by atoms with Crippen molar-refractivity contribution >= 4 is 48.7 Å². The monoisotopic (exact) mass is 776 g/mol. The van der Waals surface area contributed by atoms with E-state index in [0.29, 0.717) is 5.82 Å². The summed E-state index contributed by atoms with van der Waals surface area (Å²) in [7, 11) is 0. The summed E-state index contributed by atoms with van der Waals surface area (Å²) in [6.45, 7) is 0. The summed E-state index contributed by atoms with van der Waals surface area (Å²) < 4.78 is 2.18. The van der Waals surface area contributed by atoms with Gasteiger partial charge in [0.05, 0.1) is 22.8 Å². The van der Waals surface area contributed by atoms with E-state index < -0.39 is 0 Å². The Balaban J connectivity index is 1.04. The number of aromatic nitrogens is 4. The number of nitrogens with zero attached hydrogens (tertiary/aromatic N) is 4. The van der Waals surface area contributed by atoms with Crippen molar-refractivity contribution in [2.75, 3.05) is 0 Å². The third kappa shape index (κ3) is 5.96. The Bertz CT molecular complexity index is 3490. The number of imidazole rings is 1. The van der Waals surface area contributed by atoms with Gasteiger partial charge in [-0.15, -0.1) is 0 Å². The molecule has 0 aliphatic rings. The molecular formula is C57H36N4. The van der Waals surface area contributed by atoms with E-state index in [1.54, 1.807) is 0 Å². The van der Waals surface area contributed by atoms with Crippen molar-refractivity contribution in [2.45, 2.75) is 0 Å². The predicted molar refractivity (Wildman–Crippen MR) is 253 cm³/mol. The second-order valence-corrected chi connectivity index (χ2v) is 15.6. The molecule has 12 rings (SSSR count). The van der Waals surface area contributed by atoms with E-state index >= 15 is 0 Å². The first-order valence-electron chi connectivity index (χ1n) is 20.7. The number of pyridine rings is 1. The first-order valence-corrected chi connectivity index (χ1v) is 20.7. The van der Waals surface area contributed by atoms with Crippen molar-refractivity contribution in [1.29, 1.82) is 0 Å². The summed E-state index contributed by atoms with van der Waals surface area (Å²) in [5.74, 6) is 0.670. The average molecular weight is 777 g/mol. The van der Waals surface area contributed by atoms with Gasteiger partial charge in [0.25, 0.3) is 0 Å². The first-order chi connectivity index (χ1) is 30.2. The van der Waals surface area contributed by atoms with Crippen LogP contribution in [0.4, 0.5) is 0 Å². The van der Waals surface area contributed by atoms with Crippen LogP contribution in [-0.2, 0) is 0 Å². The van der Waals surface area contributed by atoms with Gasteiger partial charge in [-0.25, -0.2) is 15.0 Å². The van der Waals surface area contributed by atoms with Gasteiger partial charge in [-0.1, -0.05) is 182 Å². The maximum Gasteiger partial charge on any atom is 0.160 e. The predicted octanol–water partition coefficient (Wildman–Crippen LogP) is 14.7. The second-order valence-electron chi connectivity index (χ2n) is 15.6. The van der Waals surface area contributed by atoms with Gasteiger partial charge < -0.3 is 0 Å². The van der Waals surface area contributed by atoms with E-state index in [-0.39, 0.29) is 0 Å². The number of hydrogen-bond acceptors (Lipinski definition) is 3. The maximum atomic E-state index is 5.41. The van der Waals surface area contributed by atoms with Crippen LogP contribution in [0.2, 0.25) is 0 Å². The van der Waals surface area contributed by atoms with Crippen LogP contribution in [0.25, 0.3) is 116 Å². The van der Waals surface area contributed by atoms with E-state index in [0.717, 1.165) is 67.0 Å². The van der Waals surface area contributed by atoms with Gasteiger partial charge in [0.15, 0.2) is 5.82 Å². The van der Waals surface area contributed by atoms with Gasteiger partial charge in [0, 0.05) is 34.0 Å². The molecule has 0 saturated heterocycles. The van der Waals surface area contributed by atoms with Crippen molar-refractivity contribution in [3.8, 4) is 67.5 Å². The molecule has 0 spiro atoms. The van der Waals surface area contributed by atoms with E-state index in [4.69, 9.17) is 15.0 Å². The highest BCUT2D eigenvalue weighted by Gasteiger charge is 2.19. The minimum absolute atomic E-state index is 0.670. The summed E-state index contributed by atoms with van der Waals surface area (Å²) in [6, 6.07) is 75.3. The smallest absolute Gasteiger partial charge is 0.160 e. The third-order valence-electron chi connectivity index (χ3n) is 12.0. The molecule has 3 heterocycles. The zero-order chi connectivity index (χ0) is 40.3. The Morgan fingerprint density at radius 1 is 0.311 bits per heavy atom. The Hall–Kier alpha value is -8.21. The largest absolute Gasteiger partial charge is 0.299 e. The number of fused-ring (bicyclic) bond motifs is 7. The van der Waals surface area contributed by atoms with Crippen LogP contribution in [0.3, 0.4) is 0 Å². The molecule has 0 N–H and O–H groups in total. The Morgan fingerprint density at radius 2 is 0.770 bits per heavy atom. The summed E-state index contributed by atoms with van der Waals surface area (Å²) in [5.41, 5.74) is 12.2. The van der Waals surface area contributed by atoms with E-state index in [9.17, 15) is 0 Å². The minimum atomic E-state index is 0.670. The summed E-state index contributed by atoms with van der Waals surface area (Å²) in [4.78, 5) is 16.0. The zero-order valence-electron chi connectivity index (χ0n) is 33.1. The van der Waals surface area contributed by atoms with Gasteiger partial charge in [-0.3, -0.25) is 4.40 Å². The van der Waals surface area contributed by atoms with Crippen molar-refractivity contribution in [3.63, 3.8) is 0 Å². The van der Waals surface area contributed by atoms with Crippen LogP contribution in [0.1, 0.15) is 0 Å². The third-order valence-corrected chi connectivity index (χ3v) is 12.0. The lowest BCUT2D eigenvalue weighted by Gasteiger charge is -2.15. The van der Waals surface area contributed by atoms with Crippen molar-refractivity contribution < 1.29 is 0 Å². The highest BCUT2D eigenvalue weighted by molar-refractivity contribution is 6.15. The van der Waals surface area contributed by atoms with Crippen molar-refractivity contribution in [1.82, 2.24) is 19.4 Å². The van der Waals surface area contributed by atoms with Crippen LogP contribution in [-0.4, -0.2) is 19.4 Å². The van der Waals surface area contributed by atoms with Crippen LogP contribution in [0, 0.1) is 0 Å². The minimum Gasteiger partial charge on any atom is -0.299 e. The molecule has 0 amide bonds. The highest BCUT2D eigenvalue weighted by Crippen LogP contribution is 2.40. The van der Waals surface area contributed by atoms with Gasteiger partial charge in [-0.2, -0.15) is 0 Å². The Kier molecular flexibility index (Phi) is 8.13. The molecule has 0 bridgehead atoms. The van der Waals surface area contributed by atoms with Gasteiger partial charge in [0.1, 0.15) is 5.65 Å². The summed E-state index contributed by atoms with van der Waals surface area (Å²) >= 11 is 0. The molecule has 0 unspecified atom stereocenters. The fourth-order valence-electron chi connectivity index (χ4n) is 9.09. The molecule has 4 heteroatoms. The lowest BCUT2D eigenvalue weighted by molar-refractivity contribution is 1.18. The molecule has 0 aliphatic carbocycles. The van der Waals surface area contributed by atoms with Gasteiger partial charge in [0.2, 0.25) is 0 Å². The quantitative estimate of drug-likeness (QED) is 0.158. The second kappa shape index (κ2) is 14.3. The van der Waals surface area contributed by atoms with Crippen molar-refractivity contribution in [2.24, 2.45) is 0 Å². The lowest BCUT2D eigenvalue weighted by Crippen LogP contribution is -1.98. The molecule has 0 fully saturated rings. The van der Waals surface area contributed by atoms with Crippen LogP contribution >= 0.6 is 0 Å². The fourth-order valence-corrected chi connectivity index (χ4v) is 9.09. The SMILES string of the molecule is c1ccc(-c2ccc(-c3nc4ccccn4c3-c3ccc(-c4nc(-c5cc6ccccc6c6ccccc56)cc(-c5cc6ccccc6c6ccccc56)n4)cc3)cc2)cc1. The normalized spacial score (nSPS) is 11.6. The van der Waals surface area contributed by atoms with E-state index in [2.05, 4.69) is 211 Å². The molecule has 284 valence electrons. The molecule has 0 saturated carbocycles. The molecule has 0 aliphatic heterocycles. The van der Waals surface area contributed by atoms with Gasteiger partial charge in [-0.05, 0) is 84.5 Å². The van der Waals surface area contributed by atoms with Crippen molar-refractivity contribution in [3.05, 3.63) is 219 Å². The fraction of sp³-hybridized carbons (Fsp3) is 0. The molecule has 4 nitrogen and oxygen atoms in total. The number of rotatable bonds is 6. The Morgan fingerprint density at radius 3 is 1.38 bits per heavy atom. The lowest BCUT2D eigenvalue weighted by atomic mass is 9.93. The Labute approximate surface area is 352 Å². The molecule has 3 aromatic heterocycles.